The Hall–Kier alpha value is -2.17. The lowest BCUT2D eigenvalue weighted by atomic mass is 9.89. The maximum absolute atomic E-state index is 12.2. The van der Waals surface area contributed by atoms with Crippen LogP contribution in [0.25, 0.3) is 0 Å². The van der Waals surface area contributed by atoms with Gasteiger partial charge in [0, 0.05) is 32.7 Å². The van der Waals surface area contributed by atoms with Crippen LogP contribution in [0.5, 0.6) is 0 Å². The van der Waals surface area contributed by atoms with Gasteiger partial charge in [0.1, 0.15) is 5.54 Å². The van der Waals surface area contributed by atoms with Crippen LogP contribution in [0.15, 0.2) is 60.7 Å². The topological polar surface area (TPSA) is 43.8 Å². The van der Waals surface area contributed by atoms with Gasteiger partial charge in [-0.05, 0) is 17.5 Å². The fraction of sp³-hybridized carbons (Fsp3) is 0.381. The first-order valence-corrected chi connectivity index (χ1v) is 8.93. The van der Waals surface area contributed by atoms with Gasteiger partial charge in [-0.1, -0.05) is 67.6 Å². The quantitative estimate of drug-likeness (QED) is 0.878. The summed E-state index contributed by atoms with van der Waals surface area (Å²) in [6.07, 6.45) is 0.598. The molecular formula is C21H26N2O2. The normalized spacial score (nSPS) is 22.0. The van der Waals surface area contributed by atoms with Gasteiger partial charge < -0.3 is 5.11 Å². The molecule has 0 aliphatic carbocycles. The summed E-state index contributed by atoms with van der Waals surface area (Å²) in [6.45, 7) is 5.67. The summed E-state index contributed by atoms with van der Waals surface area (Å²) in [7, 11) is 0. The number of rotatable bonds is 6. The van der Waals surface area contributed by atoms with Crippen LogP contribution in [0, 0.1) is 0 Å². The zero-order valence-corrected chi connectivity index (χ0v) is 14.8. The highest BCUT2D eigenvalue weighted by Gasteiger charge is 2.46. The molecule has 1 atom stereocenters. The molecule has 1 N–H and O–H groups in total. The monoisotopic (exact) mass is 338 g/mol. The number of hydrogen-bond acceptors (Lipinski definition) is 3. The van der Waals surface area contributed by atoms with Gasteiger partial charge in [-0.3, -0.25) is 14.6 Å². The van der Waals surface area contributed by atoms with Gasteiger partial charge in [0.15, 0.2) is 0 Å². The first-order chi connectivity index (χ1) is 12.1. The van der Waals surface area contributed by atoms with Crippen molar-refractivity contribution < 1.29 is 9.90 Å². The number of carboxylic acid groups (broad SMARTS) is 1. The molecule has 1 aliphatic rings. The SMILES string of the molecule is CCC1(C(=O)O)CN(Cc2ccccc2)CCN1Cc1ccccc1. The molecule has 3 rings (SSSR count). The lowest BCUT2D eigenvalue weighted by Gasteiger charge is -2.48. The first-order valence-electron chi connectivity index (χ1n) is 8.93. The van der Waals surface area contributed by atoms with Crippen LogP contribution in [0.1, 0.15) is 24.5 Å². The van der Waals surface area contributed by atoms with Gasteiger partial charge >= 0.3 is 5.97 Å². The van der Waals surface area contributed by atoms with Crippen molar-refractivity contribution in [3.8, 4) is 0 Å². The molecule has 2 aromatic carbocycles. The zero-order valence-electron chi connectivity index (χ0n) is 14.8. The molecule has 1 heterocycles. The van der Waals surface area contributed by atoms with Crippen LogP contribution in [0.3, 0.4) is 0 Å². The molecule has 0 aromatic heterocycles. The Bertz CT molecular complexity index is 690. The van der Waals surface area contributed by atoms with Crippen LogP contribution in [-0.2, 0) is 17.9 Å². The largest absolute Gasteiger partial charge is 0.480 e. The van der Waals surface area contributed by atoms with Crippen molar-refractivity contribution >= 4 is 5.97 Å². The average molecular weight is 338 g/mol. The van der Waals surface area contributed by atoms with E-state index < -0.39 is 11.5 Å². The van der Waals surface area contributed by atoms with Gasteiger partial charge in [-0.15, -0.1) is 0 Å². The summed E-state index contributed by atoms with van der Waals surface area (Å²) in [5, 5.41) is 10.1. The highest BCUT2D eigenvalue weighted by Crippen LogP contribution is 2.28. The molecule has 0 spiro atoms. The molecule has 1 fully saturated rings. The minimum Gasteiger partial charge on any atom is -0.480 e. The fourth-order valence-electron chi connectivity index (χ4n) is 3.73. The molecule has 0 amide bonds. The summed E-state index contributed by atoms with van der Waals surface area (Å²) < 4.78 is 0. The summed E-state index contributed by atoms with van der Waals surface area (Å²) in [5.41, 5.74) is 1.57. The third-order valence-corrected chi connectivity index (χ3v) is 5.22. The summed E-state index contributed by atoms with van der Waals surface area (Å²) in [5.74, 6) is -0.719. The van der Waals surface area contributed by atoms with E-state index in [0.29, 0.717) is 19.5 Å². The Kier molecular flexibility index (Phi) is 5.51. The van der Waals surface area contributed by atoms with Gasteiger partial charge in [0.05, 0.1) is 0 Å². The number of nitrogens with zero attached hydrogens (tertiary/aromatic N) is 2. The highest BCUT2D eigenvalue weighted by atomic mass is 16.4. The summed E-state index contributed by atoms with van der Waals surface area (Å²) >= 11 is 0. The van der Waals surface area contributed by atoms with E-state index in [2.05, 4.69) is 34.1 Å². The maximum atomic E-state index is 12.2. The van der Waals surface area contributed by atoms with Gasteiger partial charge in [0.25, 0.3) is 0 Å². The molecule has 0 radical (unpaired) electrons. The van der Waals surface area contributed by atoms with E-state index >= 15 is 0 Å². The lowest BCUT2D eigenvalue weighted by Crippen LogP contribution is -2.65. The molecule has 0 bridgehead atoms. The molecule has 1 unspecified atom stereocenters. The first kappa shape index (κ1) is 17.6. The minimum atomic E-state index is -0.830. The molecule has 1 saturated heterocycles. The van der Waals surface area contributed by atoms with Crippen LogP contribution < -0.4 is 0 Å². The molecule has 2 aromatic rings. The number of aliphatic carboxylic acids is 1. The van der Waals surface area contributed by atoms with E-state index in [1.165, 1.54) is 5.56 Å². The Labute approximate surface area is 149 Å². The molecule has 132 valence electrons. The Morgan fingerprint density at radius 1 is 0.960 bits per heavy atom. The van der Waals surface area contributed by atoms with Crippen molar-refractivity contribution in [1.29, 1.82) is 0 Å². The van der Waals surface area contributed by atoms with E-state index in [1.807, 2.05) is 43.3 Å². The number of carboxylic acids is 1. The Balaban J connectivity index is 1.78. The van der Waals surface area contributed by atoms with Crippen LogP contribution in [-0.4, -0.2) is 46.0 Å². The second-order valence-corrected chi connectivity index (χ2v) is 6.79. The number of benzene rings is 2. The van der Waals surface area contributed by atoms with Gasteiger partial charge in [-0.2, -0.15) is 0 Å². The van der Waals surface area contributed by atoms with Crippen molar-refractivity contribution in [2.24, 2.45) is 0 Å². The summed E-state index contributed by atoms with van der Waals surface area (Å²) in [4.78, 5) is 16.7. The van der Waals surface area contributed by atoms with Crippen LogP contribution in [0.4, 0.5) is 0 Å². The molecule has 25 heavy (non-hydrogen) atoms. The van der Waals surface area contributed by atoms with Crippen molar-refractivity contribution in [2.75, 3.05) is 19.6 Å². The van der Waals surface area contributed by atoms with E-state index in [0.717, 1.165) is 25.2 Å². The smallest absolute Gasteiger partial charge is 0.325 e. The number of piperazine rings is 1. The molecular weight excluding hydrogens is 312 g/mol. The van der Waals surface area contributed by atoms with Crippen molar-refractivity contribution in [1.82, 2.24) is 9.80 Å². The van der Waals surface area contributed by atoms with Gasteiger partial charge in [-0.25, -0.2) is 0 Å². The molecule has 1 aliphatic heterocycles. The zero-order chi connectivity index (χ0) is 17.7. The predicted octanol–water partition coefficient (Wildman–Crippen LogP) is 3.24. The standard InChI is InChI=1S/C21H26N2O2/c1-2-21(20(24)25)17-22(15-18-9-5-3-6-10-18)13-14-23(21)16-19-11-7-4-8-12-19/h3-12H,2,13-17H2,1H3,(H,24,25). The van der Waals surface area contributed by atoms with Crippen LogP contribution in [0.2, 0.25) is 0 Å². The third-order valence-electron chi connectivity index (χ3n) is 5.22. The van der Waals surface area contributed by atoms with Crippen molar-refractivity contribution in [3.05, 3.63) is 71.8 Å². The second kappa shape index (κ2) is 7.81. The van der Waals surface area contributed by atoms with E-state index in [4.69, 9.17) is 0 Å². The maximum Gasteiger partial charge on any atom is 0.325 e. The minimum absolute atomic E-state index is 0.556. The van der Waals surface area contributed by atoms with Crippen molar-refractivity contribution in [3.63, 3.8) is 0 Å². The molecule has 0 saturated carbocycles. The Morgan fingerprint density at radius 2 is 1.52 bits per heavy atom. The highest BCUT2D eigenvalue weighted by molar-refractivity contribution is 5.79. The average Bonchev–Trinajstić information content (AvgIpc) is 2.64. The predicted molar refractivity (Wildman–Crippen MR) is 99.2 cm³/mol. The van der Waals surface area contributed by atoms with Crippen molar-refractivity contribution in [2.45, 2.75) is 32.0 Å². The third kappa shape index (κ3) is 3.91. The van der Waals surface area contributed by atoms with Crippen LogP contribution >= 0.6 is 0 Å². The molecule has 4 nitrogen and oxygen atoms in total. The van der Waals surface area contributed by atoms with Gasteiger partial charge in [0.2, 0.25) is 0 Å². The van der Waals surface area contributed by atoms with E-state index in [-0.39, 0.29) is 0 Å². The van der Waals surface area contributed by atoms with E-state index in [1.54, 1.807) is 0 Å². The lowest BCUT2D eigenvalue weighted by molar-refractivity contribution is -0.158. The summed E-state index contributed by atoms with van der Waals surface area (Å²) in [6, 6.07) is 20.4. The Morgan fingerprint density at radius 3 is 2.04 bits per heavy atom. The van der Waals surface area contributed by atoms with E-state index in [9.17, 15) is 9.90 Å². The second-order valence-electron chi connectivity index (χ2n) is 6.79. The fourth-order valence-corrected chi connectivity index (χ4v) is 3.73. The molecule has 4 heteroatoms. The number of carbonyl (C=O) groups is 1. The number of hydrogen-bond donors (Lipinski definition) is 1.